The molecule has 2 heterocycles. The highest BCUT2D eigenvalue weighted by Gasteiger charge is 2.13. The molecule has 2 aromatic heterocycles. The lowest BCUT2D eigenvalue weighted by atomic mass is 10.2. The number of methoxy groups -OCH3 is 1. The zero-order valence-corrected chi connectivity index (χ0v) is 7.98. The first kappa shape index (κ1) is 9.39. The molecule has 0 fully saturated rings. The van der Waals surface area contributed by atoms with Crippen molar-refractivity contribution in [1.29, 1.82) is 0 Å². The number of H-pyrrole nitrogens is 1. The average molecular weight is 204 g/mol. The number of esters is 1. The van der Waals surface area contributed by atoms with Gasteiger partial charge in [0.25, 0.3) is 0 Å². The van der Waals surface area contributed by atoms with Gasteiger partial charge in [0.05, 0.1) is 12.8 Å². The predicted molar refractivity (Wildman–Crippen MR) is 52.8 cm³/mol. The molecule has 0 aliphatic heterocycles. The molecular weight excluding hydrogens is 196 g/mol. The molecule has 2 rings (SSSR count). The van der Waals surface area contributed by atoms with Crippen LogP contribution in [0.15, 0.2) is 18.3 Å². The maximum absolute atomic E-state index is 11.3. The Labute approximate surface area is 85.1 Å². The lowest BCUT2D eigenvalue weighted by Gasteiger charge is -1.98. The van der Waals surface area contributed by atoms with Crippen LogP contribution in [0.3, 0.4) is 0 Å². The van der Waals surface area contributed by atoms with Crippen molar-refractivity contribution in [3.8, 4) is 0 Å². The molecule has 0 amide bonds. The van der Waals surface area contributed by atoms with Crippen LogP contribution in [-0.2, 0) is 4.74 Å². The quantitative estimate of drug-likeness (QED) is 0.588. The summed E-state index contributed by atoms with van der Waals surface area (Å²) in [6, 6.07) is 3.26. The van der Waals surface area contributed by atoms with Crippen LogP contribution in [0.4, 0.5) is 0 Å². The van der Waals surface area contributed by atoms with Crippen LogP contribution in [0.5, 0.6) is 0 Å². The molecule has 0 saturated heterocycles. The summed E-state index contributed by atoms with van der Waals surface area (Å²) in [5.41, 5.74) is 1.30. The van der Waals surface area contributed by atoms with Crippen LogP contribution in [0, 0.1) is 0 Å². The summed E-state index contributed by atoms with van der Waals surface area (Å²) in [7, 11) is 1.29. The van der Waals surface area contributed by atoms with Gasteiger partial charge in [-0.05, 0) is 12.1 Å². The van der Waals surface area contributed by atoms with E-state index in [1.807, 2.05) is 0 Å². The summed E-state index contributed by atoms with van der Waals surface area (Å²) in [4.78, 5) is 28.7. The first-order valence-corrected chi connectivity index (χ1v) is 4.27. The third-order valence-electron chi connectivity index (χ3n) is 2.07. The van der Waals surface area contributed by atoms with Gasteiger partial charge < -0.3 is 9.72 Å². The van der Waals surface area contributed by atoms with E-state index in [9.17, 15) is 9.59 Å². The summed E-state index contributed by atoms with van der Waals surface area (Å²) < 4.78 is 4.58. The minimum atomic E-state index is -0.517. The van der Waals surface area contributed by atoms with E-state index in [1.54, 1.807) is 12.1 Å². The fourth-order valence-electron chi connectivity index (χ4n) is 1.40. The highest BCUT2D eigenvalue weighted by Crippen LogP contribution is 2.17. The molecule has 0 unspecified atom stereocenters. The van der Waals surface area contributed by atoms with E-state index in [0.717, 1.165) is 0 Å². The molecule has 15 heavy (non-hydrogen) atoms. The van der Waals surface area contributed by atoms with Gasteiger partial charge in [-0.1, -0.05) is 0 Å². The minimum Gasteiger partial charge on any atom is -0.464 e. The second-order valence-corrected chi connectivity index (χ2v) is 2.95. The maximum atomic E-state index is 11.3. The van der Waals surface area contributed by atoms with Crippen molar-refractivity contribution in [2.24, 2.45) is 0 Å². The smallest absolute Gasteiger partial charge is 0.357 e. The molecule has 0 aliphatic carbocycles. The van der Waals surface area contributed by atoms with Crippen LogP contribution >= 0.6 is 0 Å². The van der Waals surface area contributed by atoms with Gasteiger partial charge in [0.15, 0.2) is 12.0 Å². The molecule has 76 valence electrons. The van der Waals surface area contributed by atoms with Crippen molar-refractivity contribution >= 4 is 23.2 Å². The van der Waals surface area contributed by atoms with Gasteiger partial charge >= 0.3 is 5.97 Å². The van der Waals surface area contributed by atoms with E-state index in [-0.39, 0.29) is 5.69 Å². The molecular formula is C10H8N2O3. The van der Waals surface area contributed by atoms with Crippen molar-refractivity contribution in [2.75, 3.05) is 7.11 Å². The summed E-state index contributed by atoms with van der Waals surface area (Å²) in [6.07, 6.45) is 2.17. The van der Waals surface area contributed by atoms with Gasteiger partial charge in [0, 0.05) is 17.1 Å². The van der Waals surface area contributed by atoms with Gasteiger partial charge in [-0.25, -0.2) is 9.78 Å². The summed E-state index contributed by atoms with van der Waals surface area (Å²) in [5.74, 6) is -0.517. The number of carbonyl (C=O) groups is 2. The van der Waals surface area contributed by atoms with Crippen LogP contribution in [0.1, 0.15) is 21.0 Å². The number of hydrogen-bond acceptors (Lipinski definition) is 4. The van der Waals surface area contributed by atoms with Gasteiger partial charge in [0.1, 0.15) is 0 Å². The van der Waals surface area contributed by atoms with Gasteiger partial charge in [-0.2, -0.15) is 0 Å². The number of ether oxygens (including phenoxy) is 1. The number of nitrogens with one attached hydrogen (secondary N) is 1. The highest BCUT2D eigenvalue weighted by molar-refractivity contribution is 6.03. The molecule has 0 radical (unpaired) electrons. The zero-order chi connectivity index (χ0) is 10.8. The van der Waals surface area contributed by atoms with E-state index in [1.165, 1.54) is 13.3 Å². The number of carbonyl (C=O) groups excluding carboxylic acids is 2. The Morgan fingerprint density at radius 1 is 1.60 bits per heavy atom. The third kappa shape index (κ3) is 1.48. The predicted octanol–water partition coefficient (Wildman–Crippen LogP) is 1.16. The SMILES string of the molecule is COC(=O)c1nccc2[nH]c(C=O)cc12. The average Bonchev–Trinajstić information content (AvgIpc) is 2.70. The minimum absolute atomic E-state index is 0.208. The Morgan fingerprint density at radius 2 is 2.40 bits per heavy atom. The summed E-state index contributed by atoms with van der Waals surface area (Å²) in [5, 5.41) is 0.589. The molecule has 0 bridgehead atoms. The number of hydrogen-bond donors (Lipinski definition) is 1. The molecule has 0 atom stereocenters. The Hall–Kier alpha value is -2.17. The van der Waals surface area contributed by atoms with Gasteiger partial charge in [0.2, 0.25) is 0 Å². The summed E-state index contributed by atoms with van der Waals surface area (Å²) >= 11 is 0. The van der Waals surface area contributed by atoms with Crippen molar-refractivity contribution in [2.45, 2.75) is 0 Å². The third-order valence-corrected chi connectivity index (χ3v) is 2.07. The molecule has 2 aromatic rings. The standard InChI is InChI=1S/C10H8N2O3/c1-15-10(14)9-7-4-6(5-13)12-8(7)2-3-11-9/h2-5,12H,1H3. The normalized spacial score (nSPS) is 10.2. The number of aldehydes is 1. The molecule has 0 aliphatic rings. The lowest BCUT2D eigenvalue weighted by Crippen LogP contribution is -2.03. The van der Waals surface area contributed by atoms with Gasteiger partial charge in [-0.15, -0.1) is 0 Å². The monoisotopic (exact) mass is 204 g/mol. The molecule has 0 spiro atoms. The van der Waals surface area contributed by atoms with Crippen LogP contribution in [0.25, 0.3) is 10.9 Å². The second kappa shape index (κ2) is 3.53. The Bertz CT molecular complexity index is 530. The molecule has 5 heteroatoms. The Morgan fingerprint density at radius 3 is 3.07 bits per heavy atom. The van der Waals surface area contributed by atoms with Crippen LogP contribution in [-0.4, -0.2) is 29.3 Å². The van der Waals surface area contributed by atoms with Crippen molar-refractivity contribution < 1.29 is 14.3 Å². The van der Waals surface area contributed by atoms with Crippen molar-refractivity contribution in [3.63, 3.8) is 0 Å². The lowest BCUT2D eigenvalue weighted by molar-refractivity contribution is 0.0596. The Kier molecular flexibility index (Phi) is 2.21. The van der Waals surface area contributed by atoms with E-state index < -0.39 is 5.97 Å². The fraction of sp³-hybridized carbons (Fsp3) is 0.100. The summed E-state index contributed by atoms with van der Waals surface area (Å²) in [6.45, 7) is 0. The van der Waals surface area contributed by atoms with Crippen LogP contribution in [0.2, 0.25) is 0 Å². The van der Waals surface area contributed by atoms with E-state index in [4.69, 9.17) is 0 Å². The number of nitrogens with zero attached hydrogens (tertiary/aromatic N) is 1. The van der Waals surface area contributed by atoms with Crippen molar-refractivity contribution in [3.05, 3.63) is 29.7 Å². The number of aromatic amines is 1. The molecule has 1 N–H and O–H groups in total. The zero-order valence-electron chi connectivity index (χ0n) is 7.98. The second-order valence-electron chi connectivity index (χ2n) is 2.95. The number of fused-ring (bicyclic) bond motifs is 1. The Balaban J connectivity index is 2.69. The molecule has 0 saturated carbocycles. The highest BCUT2D eigenvalue weighted by atomic mass is 16.5. The van der Waals surface area contributed by atoms with E-state index in [2.05, 4.69) is 14.7 Å². The molecule has 5 nitrogen and oxygen atoms in total. The fourth-order valence-corrected chi connectivity index (χ4v) is 1.40. The number of aromatic nitrogens is 2. The van der Waals surface area contributed by atoms with E-state index >= 15 is 0 Å². The van der Waals surface area contributed by atoms with E-state index in [0.29, 0.717) is 22.9 Å². The number of rotatable bonds is 2. The van der Waals surface area contributed by atoms with Crippen molar-refractivity contribution in [1.82, 2.24) is 9.97 Å². The maximum Gasteiger partial charge on any atom is 0.357 e. The largest absolute Gasteiger partial charge is 0.464 e. The number of pyridine rings is 1. The topological polar surface area (TPSA) is 72.0 Å². The first-order chi connectivity index (χ1) is 7.26. The van der Waals surface area contributed by atoms with Gasteiger partial charge in [-0.3, -0.25) is 4.79 Å². The first-order valence-electron chi connectivity index (χ1n) is 4.27. The molecule has 0 aromatic carbocycles. The van der Waals surface area contributed by atoms with Crippen LogP contribution < -0.4 is 0 Å².